The maximum Gasteiger partial charge on any atom is 0.338 e. The average Bonchev–Trinajstić information content (AvgIpc) is 2.64. The molecular formula is C22H24O2. The fourth-order valence-corrected chi connectivity index (χ4v) is 3.33. The Kier molecular flexibility index (Phi) is 5.14. The molecule has 0 bridgehead atoms. The van der Waals surface area contributed by atoms with Crippen LogP contribution in [0.2, 0.25) is 0 Å². The predicted octanol–water partition coefficient (Wildman–Crippen LogP) is 5.51. The molecule has 0 N–H and O–H groups in total. The quantitative estimate of drug-likeness (QED) is 0.695. The third kappa shape index (κ3) is 3.94. The number of hydrogen-bond acceptors (Lipinski definition) is 2. The summed E-state index contributed by atoms with van der Waals surface area (Å²) in [5.74, 6) is -0.221. The van der Waals surface area contributed by atoms with E-state index in [4.69, 9.17) is 4.74 Å². The van der Waals surface area contributed by atoms with Crippen molar-refractivity contribution in [1.82, 2.24) is 0 Å². The largest absolute Gasteiger partial charge is 0.458 e. The van der Waals surface area contributed by atoms with Gasteiger partial charge in [-0.15, -0.1) is 0 Å². The SMILES string of the molecule is C[C@@]1(/C=C/c2ccccc2)CCCC[C@H]1OC(=O)c1ccccc1. The van der Waals surface area contributed by atoms with Crippen molar-refractivity contribution in [2.75, 3.05) is 0 Å². The Hall–Kier alpha value is -2.35. The lowest BCUT2D eigenvalue weighted by Gasteiger charge is -2.38. The summed E-state index contributed by atoms with van der Waals surface area (Å²) in [6.07, 6.45) is 8.56. The summed E-state index contributed by atoms with van der Waals surface area (Å²) < 4.78 is 5.89. The Labute approximate surface area is 144 Å². The van der Waals surface area contributed by atoms with Gasteiger partial charge in [0, 0.05) is 5.41 Å². The van der Waals surface area contributed by atoms with E-state index in [1.165, 1.54) is 12.0 Å². The van der Waals surface area contributed by atoms with Crippen LogP contribution < -0.4 is 0 Å². The van der Waals surface area contributed by atoms with Crippen molar-refractivity contribution in [3.05, 3.63) is 77.9 Å². The van der Waals surface area contributed by atoms with E-state index in [0.29, 0.717) is 5.56 Å². The smallest absolute Gasteiger partial charge is 0.338 e. The van der Waals surface area contributed by atoms with Crippen LogP contribution in [0.3, 0.4) is 0 Å². The molecule has 0 spiro atoms. The molecule has 0 aromatic heterocycles. The standard InChI is InChI=1S/C22H24O2/c1-22(17-15-18-10-4-2-5-11-18)16-9-8-14-20(22)24-21(23)19-12-6-3-7-13-19/h2-7,10-13,15,17,20H,8-9,14,16H2,1H3/b17-15+/t20-,22+/m1/s1. The normalized spacial score (nSPS) is 24.0. The van der Waals surface area contributed by atoms with Gasteiger partial charge in [-0.1, -0.05) is 74.0 Å². The van der Waals surface area contributed by atoms with Crippen LogP contribution in [-0.4, -0.2) is 12.1 Å². The number of carbonyl (C=O) groups excluding carboxylic acids is 1. The minimum atomic E-state index is -0.221. The topological polar surface area (TPSA) is 26.3 Å². The first kappa shape index (κ1) is 16.5. The molecule has 0 unspecified atom stereocenters. The van der Waals surface area contributed by atoms with Gasteiger partial charge in [-0.2, -0.15) is 0 Å². The minimum Gasteiger partial charge on any atom is -0.458 e. The fourth-order valence-electron chi connectivity index (χ4n) is 3.33. The minimum absolute atomic E-state index is 0.0704. The third-order valence-electron chi connectivity index (χ3n) is 4.88. The van der Waals surface area contributed by atoms with Crippen molar-refractivity contribution in [3.63, 3.8) is 0 Å². The molecule has 24 heavy (non-hydrogen) atoms. The van der Waals surface area contributed by atoms with Crippen molar-refractivity contribution < 1.29 is 9.53 Å². The van der Waals surface area contributed by atoms with Gasteiger partial charge in [-0.25, -0.2) is 4.79 Å². The molecule has 2 aromatic carbocycles. The van der Waals surface area contributed by atoms with E-state index in [1.807, 2.05) is 48.5 Å². The Balaban J connectivity index is 1.75. The molecule has 2 heteroatoms. The Morgan fingerprint density at radius 3 is 2.42 bits per heavy atom. The van der Waals surface area contributed by atoms with Gasteiger partial charge in [0.05, 0.1) is 5.56 Å². The van der Waals surface area contributed by atoms with Crippen molar-refractivity contribution in [2.24, 2.45) is 5.41 Å². The van der Waals surface area contributed by atoms with Crippen LogP contribution in [-0.2, 0) is 4.74 Å². The van der Waals surface area contributed by atoms with E-state index in [2.05, 4.69) is 31.2 Å². The van der Waals surface area contributed by atoms with Crippen LogP contribution in [0.1, 0.15) is 48.5 Å². The highest BCUT2D eigenvalue weighted by Crippen LogP contribution is 2.40. The maximum absolute atomic E-state index is 12.4. The zero-order chi connectivity index (χ0) is 16.8. The van der Waals surface area contributed by atoms with E-state index in [-0.39, 0.29) is 17.5 Å². The summed E-state index contributed by atoms with van der Waals surface area (Å²) in [6, 6.07) is 19.5. The molecule has 0 radical (unpaired) electrons. The summed E-state index contributed by atoms with van der Waals surface area (Å²) in [4.78, 5) is 12.4. The van der Waals surface area contributed by atoms with Crippen molar-refractivity contribution in [2.45, 2.75) is 38.7 Å². The molecular weight excluding hydrogens is 296 g/mol. The third-order valence-corrected chi connectivity index (χ3v) is 4.88. The summed E-state index contributed by atoms with van der Waals surface area (Å²) in [6.45, 7) is 2.20. The second kappa shape index (κ2) is 7.48. The highest BCUT2D eigenvalue weighted by molar-refractivity contribution is 5.89. The number of rotatable bonds is 4. The highest BCUT2D eigenvalue weighted by Gasteiger charge is 2.37. The van der Waals surface area contributed by atoms with Gasteiger partial charge in [-0.05, 0) is 37.0 Å². The second-order valence-corrected chi connectivity index (χ2v) is 6.76. The average molecular weight is 320 g/mol. The van der Waals surface area contributed by atoms with Gasteiger partial charge in [0.2, 0.25) is 0 Å². The molecule has 1 fully saturated rings. The molecule has 3 rings (SSSR count). The molecule has 0 aliphatic heterocycles. The van der Waals surface area contributed by atoms with Crippen LogP contribution in [0.4, 0.5) is 0 Å². The first-order chi connectivity index (χ1) is 11.7. The number of esters is 1. The van der Waals surface area contributed by atoms with Gasteiger partial charge < -0.3 is 4.74 Å². The maximum atomic E-state index is 12.4. The lowest BCUT2D eigenvalue weighted by atomic mass is 9.73. The molecule has 2 aromatic rings. The van der Waals surface area contributed by atoms with Gasteiger partial charge >= 0.3 is 5.97 Å². The van der Waals surface area contributed by atoms with Crippen LogP contribution >= 0.6 is 0 Å². The summed E-state index contributed by atoms with van der Waals surface area (Å²) in [5.41, 5.74) is 1.69. The van der Waals surface area contributed by atoms with Gasteiger partial charge in [0.15, 0.2) is 0 Å². The van der Waals surface area contributed by atoms with Crippen LogP contribution in [0.25, 0.3) is 6.08 Å². The van der Waals surface area contributed by atoms with Gasteiger partial charge in [0.25, 0.3) is 0 Å². The number of ether oxygens (including phenoxy) is 1. The lowest BCUT2D eigenvalue weighted by molar-refractivity contribution is -0.0157. The van der Waals surface area contributed by atoms with Crippen LogP contribution in [0.5, 0.6) is 0 Å². The zero-order valence-corrected chi connectivity index (χ0v) is 14.2. The molecule has 1 saturated carbocycles. The van der Waals surface area contributed by atoms with Crippen LogP contribution in [0, 0.1) is 5.41 Å². The van der Waals surface area contributed by atoms with Gasteiger partial charge in [0.1, 0.15) is 6.10 Å². The van der Waals surface area contributed by atoms with Crippen molar-refractivity contribution >= 4 is 12.0 Å². The van der Waals surface area contributed by atoms with E-state index < -0.39 is 0 Å². The molecule has 1 aliphatic carbocycles. The summed E-state index contributed by atoms with van der Waals surface area (Å²) in [7, 11) is 0. The molecule has 124 valence electrons. The first-order valence-corrected chi connectivity index (χ1v) is 8.68. The fraction of sp³-hybridized carbons (Fsp3) is 0.318. The number of benzene rings is 2. The Bertz CT molecular complexity index is 690. The molecule has 0 heterocycles. The highest BCUT2D eigenvalue weighted by atomic mass is 16.5. The van der Waals surface area contributed by atoms with E-state index in [0.717, 1.165) is 19.3 Å². The van der Waals surface area contributed by atoms with E-state index >= 15 is 0 Å². The van der Waals surface area contributed by atoms with Crippen LogP contribution in [0.15, 0.2) is 66.7 Å². The van der Waals surface area contributed by atoms with E-state index in [9.17, 15) is 4.79 Å². The molecule has 1 aliphatic rings. The lowest BCUT2D eigenvalue weighted by Crippen LogP contribution is -2.37. The predicted molar refractivity (Wildman–Crippen MR) is 97.7 cm³/mol. The molecule has 0 saturated heterocycles. The van der Waals surface area contributed by atoms with Gasteiger partial charge in [-0.3, -0.25) is 0 Å². The summed E-state index contributed by atoms with van der Waals surface area (Å²) in [5, 5.41) is 0. The van der Waals surface area contributed by atoms with Crippen molar-refractivity contribution in [3.8, 4) is 0 Å². The number of hydrogen-bond donors (Lipinski definition) is 0. The first-order valence-electron chi connectivity index (χ1n) is 8.68. The zero-order valence-electron chi connectivity index (χ0n) is 14.2. The second-order valence-electron chi connectivity index (χ2n) is 6.76. The van der Waals surface area contributed by atoms with Crippen molar-refractivity contribution in [1.29, 1.82) is 0 Å². The monoisotopic (exact) mass is 320 g/mol. The Morgan fingerprint density at radius 1 is 1.04 bits per heavy atom. The van der Waals surface area contributed by atoms with E-state index in [1.54, 1.807) is 0 Å². The molecule has 2 atom stereocenters. The molecule has 0 amide bonds. The Morgan fingerprint density at radius 2 is 1.71 bits per heavy atom. The molecule has 2 nitrogen and oxygen atoms in total. The summed E-state index contributed by atoms with van der Waals surface area (Å²) >= 11 is 0. The number of carbonyl (C=O) groups is 1.